The summed E-state index contributed by atoms with van der Waals surface area (Å²) in [7, 11) is 3.23. The summed E-state index contributed by atoms with van der Waals surface area (Å²) < 4.78 is 12.3. The highest BCUT2D eigenvalue weighted by atomic mass is 32.1. The van der Waals surface area contributed by atoms with Crippen molar-refractivity contribution >= 4 is 27.5 Å². The highest BCUT2D eigenvalue weighted by molar-refractivity contribution is 7.17. The van der Waals surface area contributed by atoms with E-state index in [0.29, 0.717) is 28.3 Å². The summed E-state index contributed by atoms with van der Waals surface area (Å²) in [6, 6.07) is 13.6. The SMILES string of the molecule is COc1ccc(C2CCCN2C(=O)Cn2cnc3scc(-c4ccc(C)cc4)c3c2=O)c(OC)c1. The number of benzene rings is 2. The van der Waals surface area contributed by atoms with Gasteiger partial charge in [0.05, 0.1) is 32.0 Å². The highest BCUT2D eigenvalue weighted by Crippen LogP contribution is 2.39. The van der Waals surface area contributed by atoms with Crippen molar-refractivity contribution in [2.75, 3.05) is 20.8 Å². The third kappa shape index (κ3) is 4.30. The van der Waals surface area contributed by atoms with Crippen molar-refractivity contribution in [1.29, 1.82) is 0 Å². The van der Waals surface area contributed by atoms with Crippen molar-refractivity contribution in [2.45, 2.75) is 32.4 Å². The minimum absolute atomic E-state index is 0.0556. The molecule has 1 amide bonds. The second-order valence-corrected chi connectivity index (χ2v) is 9.58. The Hall–Kier alpha value is -3.65. The number of hydrogen-bond acceptors (Lipinski definition) is 6. The molecule has 1 aliphatic heterocycles. The van der Waals surface area contributed by atoms with Gasteiger partial charge in [0.2, 0.25) is 5.91 Å². The van der Waals surface area contributed by atoms with E-state index in [-0.39, 0.29) is 24.1 Å². The number of rotatable bonds is 6. The first kappa shape index (κ1) is 23.1. The summed E-state index contributed by atoms with van der Waals surface area (Å²) in [5.74, 6) is 1.28. The van der Waals surface area contributed by atoms with Gasteiger partial charge in [-0.1, -0.05) is 29.8 Å². The van der Waals surface area contributed by atoms with Crippen LogP contribution in [0.5, 0.6) is 11.5 Å². The van der Waals surface area contributed by atoms with Crippen LogP contribution in [0.25, 0.3) is 21.3 Å². The first-order valence-corrected chi connectivity index (χ1v) is 12.4. The molecule has 8 heteroatoms. The van der Waals surface area contributed by atoms with Gasteiger partial charge in [-0.3, -0.25) is 14.2 Å². The number of aromatic nitrogens is 2. The molecule has 0 saturated carbocycles. The summed E-state index contributed by atoms with van der Waals surface area (Å²) in [4.78, 5) is 33.9. The molecule has 0 spiro atoms. The Morgan fingerprint density at radius 2 is 1.94 bits per heavy atom. The van der Waals surface area contributed by atoms with E-state index < -0.39 is 0 Å². The van der Waals surface area contributed by atoms with Crippen LogP contribution in [-0.4, -0.2) is 41.1 Å². The van der Waals surface area contributed by atoms with E-state index in [4.69, 9.17) is 9.47 Å². The summed E-state index contributed by atoms with van der Waals surface area (Å²) in [6.07, 6.45) is 3.21. The van der Waals surface area contributed by atoms with E-state index >= 15 is 0 Å². The Morgan fingerprint density at radius 1 is 1.14 bits per heavy atom. The Morgan fingerprint density at radius 3 is 2.69 bits per heavy atom. The van der Waals surface area contributed by atoms with E-state index in [1.54, 1.807) is 14.2 Å². The molecule has 0 N–H and O–H groups in total. The molecule has 1 unspecified atom stereocenters. The third-order valence-electron chi connectivity index (χ3n) is 6.60. The fourth-order valence-electron chi connectivity index (χ4n) is 4.74. The van der Waals surface area contributed by atoms with Crippen LogP contribution in [0, 0.1) is 6.92 Å². The molecule has 0 bridgehead atoms. The second kappa shape index (κ2) is 9.54. The number of amides is 1. The van der Waals surface area contributed by atoms with E-state index in [0.717, 1.165) is 35.1 Å². The molecule has 0 radical (unpaired) electrons. The van der Waals surface area contributed by atoms with Gasteiger partial charge >= 0.3 is 0 Å². The Kier molecular flexibility index (Phi) is 6.30. The second-order valence-electron chi connectivity index (χ2n) is 8.73. The van der Waals surface area contributed by atoms with Gasteiger partial charge in [-0.05, 0) is 37.5 Å². The fraction of sp³-hybridized carbons (Fsp3) is 0.296. The Bertz CT molecular complexity index is 1440. The lowest BCUT2D eigenvalue weighted by molar-refractivity contribution is -0.132. The van der Waals surface area contributed by atoms with Crippen molar-refractivity contribution in [3.8, 4) is 22.6 Å². The minimum atomic E-state index is -0.196. The number of likely N-dealkylation sites (tertiary alicyclic amines) is 1. The number of aryl methyl sites for hydroxylation is 1. The standard InChI is InChI=1S/C27H27N3O4S/c1-17-6-8-18(9-7-17)21-15-35-26-25(21)27(32)29(16-28-26)14-24(31)30-12-4-5-22(30)20-11-10-19(33-2)13-23(20)34-3/h6-11,13,15-16,22H,4-5,12,14H2,1-3H3. The number of thiophene rings is 1. The molecule has 180 valence electrons. The average molecular weight is 490 g/mol. The van der Waals surface area contributed by atoms with Crippen LogP contribution in [-0.2, 0) is 11.3 Å². The van der Waals surface area contributed by atoms with Crippen molar-refractivity contribution in [3.63, 3.8) is 0 Å². The third-order valence-corrected chi connectivity index (χ3v) is 7.49. The van der Waals surface area contributed by atoms with Crippen LogP contribution in [0.1, 0.15) is 30.0 Å². The number of fused-ring (bicyclic) bond motifs is 1. The van der Waals surface area contributed by atoms with Gasteiger partial charge in [0.15, 0.2) is 0 Å². The van der Waals surface area contributed by atoms with Gasteiger partial charge in [-0.25, -0.2) is 4.98 Å². The van der Waals surface area contributed by atoms with E-state index in [2.05, 4.69) is 4.98 Å². The lowest BCUT2D eigenvalue weighted by Crippen LogP contribution is -2.36. The molecule has 7 nitrogen and oxygen atoms in total. The van der Waals surface area contributed by atoms with Crippen LogP contribution in [0.2, 0.25) is 0 Å². The van der Waals surface area contributed by atoms with Crippen LogP contribution in [0.4, 0.5) is 0 Å². The molecule has 2 aromatic heterocycles. The van der Waals surface area contributed by atoms with E-state index in [1.807, 2.05) is 59.7 Å². The molecule has 0 aliphatic carbocycles. The number of ether oxygens (including phenoxy) is 2. The van der Waals surface area contributed by atoms with Gasteiger partial charge in [0.25, 0.3) is 5.56 Å². The van der Waals surface area contributed by atoms with Gasteiger partial charge in [0.1, 0.15) is 22.9 Å². The summed E-state index contributed by atoms with van der Waals surface area (Å²) >= 11 is 1.44. The van der Waals surface area contributed by atoms with Crippen molar-refractivity contribution < 1.29 is 14.3 Å². The Labute approximate surface area is 207 Å². The number of carbonyl (C=O) groups excluding carboxylic acids is 1. The zero-order valence-corrected chi connectivity index (χ0v) is 20.8. The van der Waals surface area contributed by atoms with Crippen LogP contribution >= 0.6 is 11.3 Å². The maximum absolute atomic E-state index is 13.4. The lowest BCUT2D eigenvalue weighted by Gasteiger charge is -2.27. The molecule has 3 heterocycles. The number of methoxy groups -OCH3 is 2. The minimum Gasteiger partial charge on any atom is -0.497 e. The topological polar surface area (TPSA) is 73.7 Å². The van der Waals surface area contributed by atoms with Crippen LogP contribution in [0.3, 0.4) is 0 Å². The van der Waals surface area contributed by atoms with Crippen molar-refractivity contribution in [2.24, 2.45) is 0 Å². The molecule has 2 aromatic carbocycles. The van der Waals surface area contributed by atoms with Gasteiger partial charge in [0, 0.05) is 29.1 Å². The van der Waals surface area contributed by atoms with E-state index in [1.165, 1.54) is 22.2 Å². The smallest absolute Gasteiger partial charge is 0.263 e. The number of carbonyl (C=O) groups is 1. The molecule has 1 saturated heterocycles. The Balaban J connectivity index is 1.45. The molecule has 1 atom stereocenters. The molecule has 1 aliphatic rings. The molecular weight excluding hydrogens is 462 g/mol. The van der Waals surface area contributed by atoms with Gasteiger partial charge < -0.3 is 14.4 Å². The lowest BCUT2D eigenvalue weighted by atomic mass is 10.0. The normalized spacial score (nSPS) is 15.5. The fourth-order valence-corrected chi connectivity index (χ4v) is 5.65. The van der Waals surface area contributed by atoms with Crippen molar-refractivity contribution in [3.05, 3.63) is 75.7 Å². The zero-order valence-electron chi connectivity index (χ0n) is 20.0. The van der Waals surface area contributed by atoms with Crippen LogP contribution < -0.4 is 15.0 Å². The molecule has 4 aromatic rings. The zero-order chi connectivity index (χ0) is 24.5. The molecule has 35 heavy (non-hydrogen) atoms. The molecule has 5 rings (SSSR count). The number of nitrogens with zero attached hydrogens (tertiary/aromatic N) is 3. The highest BCUT2D eigenvalue weighted by Gasteiger charge is 2.32. The first-order valence-electron chi connectivity index (χ1n) is 11.5. The van der Waals surface area contributed by atoms with E-state index in [9.17, 15) is 9.59 Å². The monoisotopic (exact) mass is 489 g/mol. The largest absolute Gasteiger partial charge is 0.497 e. The summed E-state index contributed by atoms with van der Waals surface area (Å²) in [5.41, 5.74) is 3.72. The number of hydrogen-bond donors (Lipinski definition) is 0. The van der Waals surface area contributed by atoms with Crippen LogP contribution in [0.15, 0.2) is 59.0 Å². The first-order chi connectivity index (χ1) is 17.0. The molecule has 1 fully saturated rings. The average Bonchev–Trinajstić information content (AvgIpc) is 3.54. The maximum Gasteiger partial charge on any atom is 0.263 e. The van der Waals surface area contributed by atoms with Crippen molar-refractivity contribution in [1.82, 2.24) is 14.5 Å². The van der Waals surface area contributed by atoms with Gasteiger partial charge in [-0.2, -0.15) is 0 Å². The summed E-state index contributed by atoms with van der Waals surface area (Å²) in [5, 5.41) is 2.52. The quantitative estimate of drug-likeness (QED) is 0.388. The molecular formula is C27H27N3O4S. The maximum atomic E-state index is 13.4. The predicted octanol–water partition coefficient (Wildman–Crippen LogP) is 4.81. The predicted molar refractivity (Wildman–Crippen MR) is 137 cm³/mol. The van der Waals surface area contributed by atoms with Gasteiger partial charge in [-0.15, -0.1) is 11.3 Å². The summed E-state index contributed by atoms with van der Waals surface area (Å²) in [6.45, 7) is 2.61.